The van der Waals surface area contributed by atoms with Crippen molar-refractivity contribution in [1.29, 1.82) is 0 Å². The maximum absolute atomic E-state index is 13.1. The Morgan fingerprint density at radius 2 is 2.19 bits per heavy atom. The van der Waals surface area contributed by atoms with E-state index in [1.165, 1.54) is 0 Å². The van der Waals surface area contributed by atoms with Crippen LogP contribution in [0.25, 0.3) is 10.9 Å². The van der Waals surface area contributed by atoms with Crippen molar-refractivity contribution in [3.05, 3.63) is 54.2 Å². The third kappa shape index (κ3) is 3.06. The Bertz CT molecular complexity index is 949. The zero-order chi connectivity index (χ0) is 18.1. The second-order valence-electron chi connectivity index (χ2n) is 6.97. The van der Waals surface area contributed by atoms with Crippen LogP contribution in [0.3, 0.4) is 0 Å². The third-order valence-corrected chi connectivity index (χ3v) is 5.01. The van der Waals surface area contributed by atoms with Crippen LogP contribution in [0.2, 0.25) is 0 Å². The summed E-state index contributed by atoms with van der Waals surface area (Å²) in [6.45, 7) is 0.923. The van der Waals surface area contributed by atoms with Crippen LogP contribution in [0.1, 0.15) is 29.0 Å². The van der Waals surface area contributed by atoms with E-state index in [2.05, 4.69) is 15.2 Å². The van der Waals surface area contributed by atoms with Gasteiger partial charge in [-0.1, -0.05) is 12.1 Å². The number of likely N-dealkylation sites (tertiary alicyclic amines) is 1. The molecular formula is C19H21N5O2. The monoisotopic (exact) mass is 351 g/mol. The number of benzene rings is 1. The number of hydrogen-bond acceptors (Lipinski definition) is 5. The molecule has 1 saturated heterocycles. The number of aryl methyl sites for hydroxylation is 1. The van der Waals surface area contributed by atoms with Gasteiger partial charge in [0.1, 0.15) is 12.2 Å². The van der Waals surface area contributed by atoms with Crippen LogP contribution in [0.4, 0.5) is 0 Å². The summed E-state index contributed by atoms with van der Waals surface area (Å²) in [7, 11) is 1.85. The number of piperidine rings is 1. The fraction of sp³-hybridized carbons (Fsp3) is 0.368. The van der Waals surface area contributed by atoms with Crippen molar-refractivity contribution in [2.75, 3.05) is 13.1 Å². The standard InChI is InChI=1S/C19H21N5O2/c1-23-13-21-22-17(23)11-19(26)8-4-10-24(12-19)18(25)15-5-2-7-16-14(15)6-3-9-20-16/h2-3,5-7,9,13,26H,4,8,10-12H2,1H3. The number of hydrogen-bond donors (Lipinski definition) is 1. The van der Waals surface area contributed by atoms with Crippen molar-refractivity contribution < 1.29 is 9.90 Å². The van der Waals surface area contributed by atoms with Crippen LogP contribution in [0.5, 0.6) is 0 Å². The van der Waals surface area contributed by atoms with Gasteiger partial charge >= 0.3 is 0 Å². The number of amides is 1. The van der Waals surface area contributed by atoms with E-state index in [1.54, 1.807) is 22.0 Å². The smallest absolute Gasteiger partial charge is 0.254 e. The highest BCUT2D eigenvalue weighted by molar-refractivity contribution is 6.06. The summed E-state index contributed by atoms with van der Waals surface area (Å²) in [4.78, 5) is 19.2. The van der Waals surface area contributed by atoms with Crippen molar-refractivity contribution >= 4 is 16.8 Å². The van der Waals surface area contributed by atoms with Gasteiger partial charge < -0.3 is 14.6 Å². The molecule has 1 aliphatic rings. The Hall–Kier alpha value is -2.80. The van der Waals surface area contributed by atoms with Crippen molar-refractivity contribution in [2.24, 2.45) is 7.05 Å². The van der Waals surface area contributed by atoms with Crippen LogP contribution in [-0.4, -0.2) is 54.4 Å². The number of carbonyl (C=O) groups is 1. The van der Waals surface area contributed by atoms with Crippen LogP contribution in [0, 0.1) is 0 Å². The van der Waals surface area contributed by atoms with Crippen molar-refractivity contribution in [2.45, 2.75) is 24.9 Å². The Balaban J connectivity index is 1.59. The summed E-state index contributed by atoms with van der Waals surface area (Å²) in [5.74, 6) is 0.649. The van der Waals surface area contributed by atoms with Gasteiger partial charge in [0.2, 0.25) is 0 Å². The highest BCUT2D eigenvalue weighted by Crippen LogP contribution is 2.27. The van der Waals surface area contributed by atoms with Crippen molar-refractivity contribution in [3.8, 4) is 0 Å². The van der Waals surface area contributed by atoms with Crippen LogP contribution < -0.4 is 0 Å². The minimum Gasteiger partial charge on any atom is -0.388 e. The van der Waals surface area contributed by atoms with Crippen molar-refractivity contribution in [1.82, 2.24) is 24.6 Å². The molecule has 4 rings (SSSR count). The lowest BCUT2D eigenvalue weighted by Gasteiger charge is -2.39. The molecule has 1 atom stereocenters. The number of β-amino-alcohol motifs (C(OH)–C–C–N with tert-alkyl or cyclic N) is 1. The molecule has 1 unspecified atom stereocenters. The molecule has 2 aromatic heterocycles. The molecule has 134 valence electrons. The molecule has 3 heterocycles. The lowest BCUT2D eigenvalue weighted by Crippen LogP contribution is -2.51. The van der Waals surface area contributed by atoms with Gasteiger partial charge in [0.05, 0.1) is 17.7 Å². The zero-order valence-electron chi connectivity index (χ0n) is 14.7. The summed E-state index contributed by atoms with van der Waals surface area (Å²) in [5.41, 5.74) is 0.431. The Kier molecular flexibility index (Phi) is 4.16. The van der Waals surface area contributed by atoms with Gasteiger partial charge in [-0.3, -0.25) is 9.78 Å². The first kappa shape index (κ1) is 16.7. The van der Waals surface area contributed by atoms with Gasteiger partial charge in [-0.05, 0) is 31.0 Å². The predicted molar refractivity (Wildman–Crippen MR) is 96.5 cm³/mol. The lowest BCUT2D eigenvalue weighted by molar-refractivity contribution is -0.0257. The Morgan fingerprint density at radius 1 is 1.31 bits per heavy atom. The average molecular weight is 351 g/mol. The number of rotatable bonds is 3. The predicted octanol–water partition coefficient (Wildman–Crippen LogP) is 1.57. The minimum atomic E-state index is -0.989. The molecule has 7 heteroatoms. The first-order valence-electron chi connectivity index (χ1n) is 8.74. The number of nitrogens with zero attached hydrogens (tertiary/aromatic N) is 5. The molecule has 1 aliphatic heterocycles. The molecule has 0 aliphatic carbocycles. The number of fused-ring (bicyclic) bond motifs is 1. The molecule has 0 spiro atoms. The van der Waals surface area contributed by atoms with Gasteiger partial charge in [0.25, 0.3) is 5.91 Å². The number of aliphatic hydroxyl groups is 1. The molecule has 0 radical (unpaired) electrons. The largest absolute Gasteiger partial charge is 0.388 e. The van der Waals surface area contributed by atoms with Crippen LogP contribution in [-0.2, 0) is 13.5 Å². The van der Waals surface area contributed by atoms with E-state index < -0.39 is 5.60 Å². The molecular weight excluding hydrogens is 330 g/mol. The summed E-state index contributed by atoms with van der Waals surface area (Å²) in [6, 6.07) is 9.30. The average Bonchev–Trinajstić information content (AvgIpc) is 3.04. The quantitative estimate of drug-likeness (QED) is 0.774. The van der Waals surface area contributed by atoms with E-state index in [0.29, 0.717) is 24.9 Å². The first-order valence-corrected chi connectivity index (χ1v) is 8.74. The number of carbonyl (C=O) groups excluding carboxylic acids is 1. The van der Waals surface area contributed by atoms with Crippen LogP contribution >= 0.6 is 0 Å². The Morgan fingerprint density at radius 3 is 3.00 bits per heavy atom. The highest BCUT2D eigenvalue weighted by atomic mass is 16.3. The van der Waals surface area contributed by atoms with E-state index in [1.807, 2.05) is 37.4 Å². The number of aromatic nitrogens is 4. The fourth-order valence-corrected chi connectivity index (χ4v) is 3.65. The normalized spacial score (nSPS) is 20.5. The van der Waals surface area contributed by atoms with Gasteiger partial charge in [-0.15, -0.1) is 10.2 Å². The van der Waals surface area contributed by atoms with Crippen LogP contribution in [0.15, 0.2) is 42.9 Å². The lowest BCUT2D eigenvalue weighted by atomic mass is 9.88. The fourth-order valence-electron chi connectivity index (χ4n) is 3.65. The van der Waals surface area contributed by atoms with Gasteiger partial charge in [0.15, 0.2) is 0 Å². The maximum Gasteiger partial charge on any atom is 0.254 e. The molecule has 1 aromatic carbocycles. The number of pyridine rings is 1. The van der Waals surface area contributed by atoms with E-state index in [4.69, 9.17) is 0 Å². The van der Waals surface area contributed by atoms with Gasteiger partial charge in [0, 0.05) is 37.2 Å². The molecule has 0 saturated carbocycles. The molecule has 0 bridgehead atoms. The molecule has 26 heavy (non-hydrogen) atoms. The van der Waals surface area contributed by atoms with E-state index >= 15 is 0 Å². The molecule has 1 fully saturated rings. The van der Waals surface area contributed by atoms with Crippen molar-refractivity contribution in [3.63, 3.8) is 0 Å². The molecule has 7 nitrogen and oxygen atoms in total. The first-order chi connectivity index (χ1) is 12.6. The van der Waals surface area contributed by atoms with Gasteiger partial charge in [-0.25, -0.2) is 0 Å². The van der Waals surface area contributed by atoms with E-state index in [-0.39, 0.29) is 12.5 Å². The summed E-state index contributed by atoms with van der Waals surface area (Å²) < 4.78 is 1.80. The Labute approximate surface area is 151 Å². The third-order valence-electron chi connectivity index (χ3n) is 5.01. The summed E-state index contributed by atoms with van der Waals surface area (Å²) in [6.07, 6.45) is 5.11. The van der Waals surface area contributed by atoms with E-state index in [0.717, 1.165) is 23.1 Å². The maximum atomic E-state index is 13.1. The molecule has 3 aromatic rings. The second-order valence-corrected chi connectivity index (χ2v) is 6.97. The second kappa shape index (κ2) is 6.49. The van der Waals surface area contributed by atoms with Gasteiger partial charge in [-0.2, -0.15) is 0 Å². The highest BCUT2D eigenvalue weighted by Gasteiger charge is 2.37. The topological polar surface area (TPSA) is 84.1 Å². The van der Waals surface area contributed by atoms with E-state index in [9.17, 15) is 9.90 Å². The summed E-state index contributed by atoms with van der Waals surface area (Å²) in [5, 5.41) is 19.8. The minimum absolute atomic E-state index is 0.0697. The molecule has 1 amide bonds. The zero-order valence-corrected chi connectivity index (χ0v) is 14.7. The SMILES string of the molecule is Cn1cnnc1CC1(O)CCCN(C(=O)c2cccc3ncccc23)C1. The summed E-state index contributed by atoms with van der Waals surface area (Å²) >= 11 is 0. The molecule has 1 N–H and O–H groups in total.